The minimum atomic E-state index is 0.487. The molecule has 1 atom stereocenters. The molecule has 0 radical (unpaired) electrons. The van der Waals surface area contributed by atoms with Crippen LogP contribution in [0.4, 0.5) is 5.69 Å². The summed E-state index contributed by atoms with van der Waals surface area (Å²) >= 11 is 0. The lowest BCUT2D eigenvalue weighted by Crippen LogP contribution is -2.34. The molecule has 0 amide bonds. The van der Waals surface area contributed by atoms with Gasteiger partial charge in [-0.3, -0.25) is 4.90 Å². The van der Waals surface area contributed by atoms with Crippen molar-refractivity contribution >= 4 is 5.69 Å². The van der Waals surface area contributed by atoms with Crippen molar-refractivity contribution in [3.8, 4) is 0 Å². The lowest BCUT2D eigenvalue weighted by atomic mass is 10.1. The Bertz CT molecular complexity index is 671. The lowest BCUT2D eigenvalue weighted by Gasteiger charge is -2.29. The van der Waals surface area contributed by atoms with Crippen LogP contribution < -0.4 is 10.2 Å². The van der Waals surface area contributed by atoms with Gasteiger partial charge in [0.1, 0.15) is 0 Å². The third-order valence-electron chi connectivity index (χ3n) is 6.09. The van der Waals surface area contributed by atoms with Crippen LogP contribution in [-0.2, 0) is 6.54 Å². The van der Waals surface area contributed by atoms with E-state index >= 15 is 0 Å². The summed E-state index contributed by atoms with van der Waals surface area (Å²) in [6, 6.07) is 20.7. The quantitative estimate of drug-likeness (QED) is 0.775. The van der Waals surface area contributed by atoms with Crippen LogP contribution in [0.15, 0.2) is 54.6 Å². The maximum atomic E-state index is 3.72. The monoisotopic (exact) mass is 363 g/mol. The molecule has 0 bridgehead atoms. The van der Waals surface area contributed by atoms with Gasteiger partial charge in [0.15, 0.2) is 0 Å². The molecular formula is C24H33N3. The van der Waals surface area contributed by atoms with Gasteiger partial charge in [-0.2, -0.15) is 0 Å². The predicted octanol–water partition coefficient (Wildman–Crippen LogP) is 4.60. The van der Waals surface area contributed by atoms with Crippen LogP contribution in [0.2, 0.25) is 0 Å². The maximum absolute atomic E-state index is 3.72. The van der Waals surface area contributed by atoms with Crippen molar-refractivity contribution in [2.45, 2.75) is 44.7 Å². The Hall–Kier alpha value is -1.84. The van der Waals surface area contributed by atoms with E-state index in [2.05, 4.69) is 69.7 Å². The zero-order valence-corrected chi connectivity index (χ0v) is 16.4. The molecule has 2 aromatic rings. The Morgan fingerprint density at radius 1 is 0.741 bits per heavy atom. The second kappa shape index (κ2) is 9.38. The second-order valence-electron chi connectivity index (χ2n) is 8.01. The first-order chi connectivity index (χ1) is 13.4. The fourth-order valence-electron chi connectivity index (χ4n) is 4.52. The summed E-state index contributed by atoms with van der Waals surface area (Å²) in [5.41, 5.74) is 4.20. The van der Waals surface area contributed by atoms with Crippen LogP contribution in [0.25, 0.3) is 0 Å². The molecule has 2 fully saturated rings. The predicted molar refractivity (Wildman–Crippen MR) is 114 cm³/mol. The number of nitrogens with zero attached hydrogens (tertiary/aromatic N) is 2. The van der Waals surface area contributed by atoms with Crippen LogP contribution in [0.3, 0.4) is 0 Å². The molecule has 4 rings (SSSR count). The van der Waals surface area contributed by atoms with E-state index in [1.165, 1.54) is 75.1 Å². The van der Waals surface area contributed by atoms with Gasteiger partial charge in [-0.15, -0.1) is 0 Å². The number of piperidine rings is 1. The highest BCUT2D eigenvalue weighted by atomic mass is 15.2. The number of nitrogens with one attached hydrogen (secondary N) is 1. The lowest BCUT2D eigenvalue weighted by molar-refractivity contribution is 0.238. The van der Waals surface area contributed by atoms with E-state index in [1.54, 1.807) is 0 Å². The van der Waals surface area contributed by atoms with E-state index in [0.717, 1.165) is 13.1 Å². The zero-order chi connectivity index (χ0) is 18.3. The molecule has 2 heterocycles. The number of likely N-dealkylation sites (tertiary alicyclic amines) is 1. The van der Waals surface area contributed by atoms with Crippen molar-refractivity contribution in [2.24, 2.45) is 0 Å². The van der Waals surface area contributed by atoms with Crippen molar-refractivity contribution in [2.75, 3.05) is 37.6 Å². The average molecular weight is 364 g/mol. The summed E-state index contributed by atoms with van der Waals surface area (Å²) in [6.07, 6.45) is 6.72. The molecule has 1 N–H and O–H groups in total. The molecule has 2 saturated heterocycles. The Labute approximate surface area is 164 Å². The van der Waals surface area contributed by atoms with Crippen molar-refractivity contribution in [3.63, 3.8) is 0 Å². The van der Waals surface area contributed by atoms with Gasteiger partial charge in [0, 0.05) is 37.9 Å². The van der Waals surface area contributed by atoms with E-state index < -0.39 is 0 Å². The van der Waals surface area contributed by atoms with Gasteiger partial charge in [0.2, 0.25) is 0 Å². The van der Waals surface area contributed by atoms with Crippen LogP contribution >= 0.6 is 0 Å². The van der Waals surface area contributed by atoms with Gasteiger partial charge in [0.05, 0.1) is 0 Å². The smallest absolute Gasteiger partial charge is 0.0472 e. The van der Waals surface area contributed by atoms with E-state index in [0.29, 0.717) is 6.04 Å². The minimum absolute atomic E-state index is 0.487. The van der Waals surface area contributed by atoms with Crippen LogP contribution in [0, 0.1) is 0 Å². The summed E-state index contributed by atoms with van der Waals surface area (Å²) < 4.78 is 0. The van der Waals surface area contributed by atoms with Crippen LogP contribution in [0.1, 0.15) is 49.3 Å². The fourth-order valence-corrected chi connectivity index (χ4v) is 4.52. The van der Waals surface area contributed by atoms with Crippen molar-refractivity contribution < 1.29 is 0 Å². The second-order valence-corrected chi connectivity index (χ2v) is 8.01. The molecule has 2 aliphatic heterocycles. The number of hydrogen-bond acceptors (Lipinski definition) is 3. The summed E-state index contributed by atoms with van der Waals surface area (Å²) in [7, 11) is 0. The van der Waals surface area contributed by atoms with Gasteiger partial charge < -0.3 is 10.2 Å². The van der Waals surface area contributed by atoms with E-state index in [4.69, 9.17) is 0 Å². The molecule has 3 heteroatoms. The Kier molecular flexibility index (Phi) is 6.44. The Morgan fingerprint density at radius 2 is 1.41 bits per heavy atom. The number of anilines is 1. The molecule has 0 saturated carbocycles. The van der Waals surface area contributed by atoms with Gasteiger partial charge in [-0.25, -0.2) is 0 Å². The molecule has 144 valence electrons. The molecular weight excluding hydrogens is 330 g/mol. The molecule has 0 aromatic heterocycles. The standard InChI is InChI=1S/C24H33N3/c1-3-9-22(10-4-1)24(27-17-7-8-18-27)20-25-19-21-11-13-23(14-12-21)26-15-5-2-6-16-26/h1,3-4,9-14,24-25H,2,5-8,15-20H2. The van der Waals surface area contributed by atoms with Crippen LogP contribution in [-0.4, -0.2) is 37.6 Å². The molecule has 2 aromatic carbocycles. The molecule has 0 aliphatic carbocycles. The summed E-state index contributed by atoms with van der Waals surface area (Å²) in [5, 5.41) is 3.72. The van der Waals surface area contributed by atoms with Gasteiger partial charge in [-0.05, 0) is 68.5 Å². The largest absolute Gasteiger partial charge is 0.372 e. The summed E-state index contributed by atoms with van der Waals surface area (Å²) in [6.45, 7) is 6.84. The highest BCUT2D eigenvalue weighted by Crippen LogP contribution is 2.25. The first-order valence-electron chi connectivity index (χ1n) is 10.7. The topological polar surface area (TPSA) is 18.5 Å². The third kappa shape index (κ3) is 4.91. The van der Waals surface area contributed by atoms with Gasteiger partial charge >= 0.3 is 0 Å². The van der Waals surface area contributed by atoms with Gasteiger partial charge in [0.25, 0.3) is 0 Å². The molecule has 2 aliphatic rings. The first-order valence-corrected chi connectivity index (χ1v) is 10.7. The average Bonchev–Trinajstić information content (AvgIpc) is 3.27. The molecule has 1 unspecified atom stereocenters. The number of hydrogen-bond donors (Lipinski definition) is 1. The van der Waals surface area contributed by atoms with Crippen molar-refractivity contribution in [1.29, 1.82) is 0 Å². The van der Waals surface area contributed by atoms with E-state index in [-0.39, 0.29) is 0 Å². The molecule has 0 spiro atoms. The Balaban J connectivity index is 1.33. The number of benzene rings is 2. The van der Waals surface area contributed by atoms with Crippen molar-refractivity contribution in [1.82, 2.24) is 10.2 Å². The number of rotatable bonds is 7. The molecule has 27 heavy (non-hydrogen) atoms. The minimum Gasteiger partial charge on any atom is -0.372 e. The van der Waals surface area contributed by atoms with Crippen LogP contribution in [0.5, 0.6) is 0 Å². The summed E-state index contributed by atoms with van der Waals surface area (Å²) in [4.78, 5) is 5.17. The third-order valence-corrected chi connectivity index (χ3v) is 6.09. The summed E-state index contributed by atoms with van der Waals surface area (Å²) in [5.74, 6) is 0. The van der Waals surface area contributed by atoms with Crippen molar-refractivity contribution in [3.05, 3.63) is 65.7 Å². The van der Waals surface area contributed by atoms with Gasteiger partial charge in [-0.1, -0.05) is 42.5 Å². The maximum Gasteiger partial charge on any atom is 0.0472 e. The normalized spacial score (nSPS) is 19.3. The first kappa shape index (κ1) is 18.5. The zero-order valence-electron chi connectivity index (χ0n) is 16.4. The SMILES string of the molecule is c1ccc(C(CNCc2ccc(N3CCCCC3)cc2)N2CCCC2)cc1. The van der Waals surface area contributed by atoms with E-state index in [1.807, 2.05) is 0 Å². The fraction of sp³-hybridized carbons (Fsp3) is 0.500. The van der Waals surface area contributed by atoms with E-state index in [9.17, 15) is 0 Å². The Morgan fingerprint density at radius 3 is 2.11 bits per heavy atom. The highest BCUT2D eigenvalue weighted by Gasteiger charge is 2.22. The highest BCUT2D eigenvalue weighted by molar-refractivity contribution is 5.47. The molecule has 3 nitrogen and oxygen atoms in total.